The second-order valence-corrected chi connectivity index (χ2v) is 9.04. The Morgan fingerprint density at radius 2 is 1.68 bits per heavy atom. The molecular formula is C26H30N6O2. The van der Waals surface area contributed by atoms with E-state index in [1.54, 1.807) is 7.05 Å². The molecule has 0 bridgehead atoms. The Labute approximate surface area is 198 Å². The van der Waals surface area contributed by atoms with Crippen molar-refractivity contribution in [2.75, 3.05) is 31.1 Å². The van der Waals surface area contributed by atoms with Crippen LogP contribution in [0.25, 0.3) is 11.2 Å². The number of aromatic nitrogens is 4. The van der Waals surface area contributed by atoms with Gasteiger partial charge in [-0.1, -0.05) is 60.2 Å². The fourth-order valence-corrected chi connectivity index (χ4v) is 4.74. The van der Waals surface area contributed by atoms with Crippen LogP contribution in [0.4, 0.5) is 5.95 Å². The van der Waals surface area contributed by atoms with Crippen LogP contribution in [0, 0.1) is 6.92 Å². The van der Waals surface area contributed by atoms with Crippen LogP contribution in [-0.4, -0.2) is 50.2 Å². The van der Waals surface area contributed by atoms with Crippen molar-refractivity contribution < 1.29 is 0 Å². The van der Waals surface area contributed by atoms with Gasteiger partial charge in [0, 0.05) is 46.3 Å². The Morgan fingerprint density at radius 3 is 2.41 bits per heavy atom. The Morgan fingerprint density at radius 1 is 0.941 bits per heavy atom. The number of hydrogen-bond donors (Lipinski definition) is 1. The van der Waals surface area contributed by atoms with E-state index in [0.29, 0.717) is 17.7 Å². The number of piperazine rings is 1. The van der Waals surface area contributed by atoms with Gasteiger partial charge in [0.05, 0.1) is 0 Å². The molecule has 1 fully saturated rings. The lowest BCUT2D eigenvalue weighted by Crippen LogP contribution is -2.47. The number of anilines is 1. The summed E-state index contributed by atoms with van der Waals surface area (Å²) in [5.41, 5.74) is 3.85. The summed E-state index contributed by atoms with van der Waals surface area (Å²) < 4.78 is 3.41. The van der Waals surface area contributed by atoms with Crippen molar-refractivity contribution in [3.8, 4) is 0 Å². The van der Waals surface area contributed by atoms with Gasteiger partial charge in [-0.2, -0.15) is 4.98 Å². The molecule has 1 N–H and O–H groups in total. The molecule has 0 atom stereocenters. The third-order valence-electron chi connectivity index (χ3n) is 6.60. The van der Waals surface area contributed by atoms with Gasteiger partial charge in [0.15, 0.2) is 11.2 Å². The highest BCUT2D eigenvalue weighted by atomic mass is 16.2. The van der Waals surface area contributed by atoms with Crippen molar-refractivity contribution in [1.82, 2.24) is 24.0 Å². The molecule has 0 radical (unpaired) electrons. The van der Waals surface area contributed by atoms with E-state index in [4.69, 9.17) is 4.98 Å². The summed E-state index contributed by atoms with van der Waals surface area (Å²) in [7, 11) is 1.65. The summed E-state index contributed by atoms with van der Waals surface area (Å²) in [5, 5.41) is 0. The molecule has 1 aliphatic heterocycles. The molecule has 0 unspecified atom stereocenters. The molecule has 4 aromatic rings. The van der Waals surface area contributed by atoms with Gasteiger partial charge in [-0.25, -0.2) is 4.79 Å². The highest BCUT2D eigenvalue weighted by Crippen LogP contribution is 2.22. The lowest BCUT2D eigenvalue weighted by atomic mass is 10.1. The SMILES string of the molecule is Cc1cccc(CN2CCN(c3nc4c(c(=O)[nH]c(=O)n4C)n3CCc3ccccc3)CC2)c1. The molecule has 176 valence electrons. The maximum Gasteiger partial charge on any atom is 0.329 e. The summed E-state index contributed by atoms with van der Waals surface area (Å²) in [4.78, 5) is 36.9. The lowest BCUT2D eigenvalue weighted by molar-refractivity contribution is 0.248. The van der Waals surface area contributed by atoms with Gasteiger partial charge in [-0.3, -0.25) is 19.2 Å². The van der Waals surface area contributed by atoms with Crippen molar-refractivity contribution >= 4 is 17.1 Å². The van der Waals surface area contributed by atoms with Gasteiger partial charge in [0.2, 0.25) is 5.95 Å². The topological polar surface area (TPSA) is 79.2 Å². The van der Waals surface area contributed by atoms with Crippen molar-refractivity contribution in [2.24, 2.45) is 7.05 Å². The first-order valence-electron chi connectivity index (χ1n) is 11.8. The van der Waals surface area contributed by atoms with Crippen LogP contribution in [0.15, 0.2) is 64.2 Å². The maximum absolute atomic E-state index is 12.8. The van der Waals surface area contributed by atoms with Crippen molar-refractivity contribution in [2.45, 2.75) is 26.4 Å². The largest absolute Gasteiger partial charge is 0.340 e. The standard InChI is InChI=1S/C26H30N6O2/c1-19-7-6-10-21(17-19)18-30-13-15-31(16-14-30)25-27-23-22(24(33)28-26(34)29(23)2)32(25)12-11-20-8-4-3-5-9-20/h3-10,17H,11-16,18H2,1-2H3,(H,28,33,34). The number of benzene rings is 2. The second kappa shape index (κ2) is 9.30. The zero-order chi connectivity index (χ0) is 23.7. The van der Waals surface area contributed by atoms with Gasteiger partial charge >= 0.3 is 5.69 Å². The molecule has 0 spiro atoms. The third-order valence-corrected chi connectivity index (χ3v) is 6.60. The van der Waals surface area contributed by atoms with E-state index in [-0.39, 0.29) is 5.56 Å². The van der Waals surface area contributed by atoms with E-state index >= 15 is 0 Å². The first kappa shape index (κ1) is 22.2. The van der Waals surface area contributed by atoms with Crippen LogP contribution in [0.2, 0.25) is 0 Å². The highest BCUT2D eigenvalue weighted by Gasteiger charge is 2.25. The number of aromatic amines is 1. The molecule has 1 aliphatic rings. The van der Waals surface area contributed by atoms with Crippen LogP contribution >= 0.6 is 0 Å². The van der Waals surface area contributed by atoms with Crippen molar-refractivity contribution in [3.63, 3.8) is 0 Å². The quantitative estimate of drug-likeness (QED) is 0.480. The summed E-state index contributed by atoms with van der Waals surface area (Å²) in [6, 6.07) is 18.9. The van der Waals surface area contributed by atoms with Gasteiger partial charge in [-0.05, 0) is 24.5 Å². The molecule has 1 saturated heterocycles. The molecule has 5 rings (SSSR count). The normalized spacial score (nSPS) is 14.7. The lowest BCUT2D eigenvalue weighted by Gasteiger charge is -2.35. The van der Waals surface area contributed by atoms with E-state index in [9.17, 15) is 9.59 Å². The van der Waals surface area contributed by atoms with Gasteiger partial charge in [-0.15, -0.1) is 0 Å². The molecule has 2 aromatic carbocycles. The predicted octanol–water partition coefficient (Wildman–Crippen LogP) is 2.30. The summed E-state index contributed by atoms with van der Waals surface area (Å²) in [6.07, 6.45) is 0.773. The average Bonchev–Trinajstić information content (AvgIpc) is 3.23. The van der Waals surface area contributed by atoms with E-state index in [1.165, 1.54) is 21.3 Å². The summed E-state index contributed by atoms with van der Waals surface area (Å²) in [6.45, 7) is 7.10. The fourth-order valence-electron chi connectivity index (χ4n) is 4.74. The van der Waals surface area contributed by atoms with Crippen LogP contribution in [0.3, 0.4) is 0 Å². The van der Waals surface area contributed by atoms with Gasteiger partial charge < -0.3 is 9.47 Å². The summed E-state index contributed by atoms with van der Waals surface area (Å²) >= 11 is 0. The minimum Gasteiger partial charge on any atom is -0.340 e. The van der Waals surface area contributed by atoms with Crippen LogP contribution in [-0.2, 0) is 26.6 Å². The molecule has 8 heteroatoms. The van der Waals surface area contributed by atoms with E-state index < -0.39 is 5.69 Å². The zero-order valence-electron chi connectivity index (χ0n) is 19.7. The second-order valence-electron chi connectivity index (χ2n) is 9.04. The fraction of sp³-hybridized carbons (Fsp3) is 0.346. The number of hydrogen-bond acceptors (Lipinski definition) is 5. The highest BCUT2D eigenvalue weighted by molar-refractivity contribution is 5.74. The number of aryl methyl sites for hydroxylation is 4. The minimum atomic E-state index is -0.445. The molecule has 0 amide bonds. The molecule has 0 aliphatic carbocycles. The number of rotatable bonds is 6. The number of nitrogens with one attached hydrogen (secondary N) is 1. The first-order valence-corrected chi connectivity index (χ1v) is 11.8. The van der Waals surface area contributed by atoms with Gasteiger partial charge in [0.1, 0.15) is 0 Å². The van der Waals surface area contributed by atoms with Crippen LogP contribution in [0.5, 0.6) is 0 Å². The number of fused-ring (bicyclic) bond motifs is 1. The maximum atomic E-state index is 12.8. The predicted molar refractivity (Wildman–Crippen MR) is 134 cm³/mol. The van der Waals surface area contributed by atoms with Crippen molar-refractivity contribution in [3.05, 3.63) is 92.1 Å². The Kier molecular flexibility index (Phi) is 6.06. The number of nitrogens with zero attached hydrogens (tertiary/aromatic N) is 5. The molecule has 8 nitrogen and oxygen atoms in total. The smallest absolute Gasteiger partial charge is 0.329 e. The number of H-pyrrole nitrogens is 1. The summed E-state index contributed by atoms with van der Waals surface area (Å²) in [5.74, 6) is 0.757. The third kappa shape index (κ3) is 4.41. The van der Waals surface area contributed by atoms with Gasteiger partial charge in [0.25, 0.3) is 5.56 Å². The van der Waals surface area contributed by atoms with E-state index in [1.807, 2.05) is 22.8 Å². The zero-order valence-corrected chi connectivity index (χ0v) is 19.7. The van der Waals surface area contributed by atoms with E-state index in [2.05, 4.69) is 58.1 Å². The first-order chi connectivity index (χ1) is 16.5. The molecule has 34 heavy (non-hydrogen) atoms. The average molecular weight is 459 g/mol. The van der Waals surface area contributed by atoms with E-state index in [0.717, 1.165) is 45.1 Å². The molecule has 3 heterocycles. The Balaban J connectivity index is 1.42. The monoisotopic (exact) mass is 458 g/mol. The molecule has 0 saturated carbocycles. The minimum absolute atomic E-state index is 0.386. The van der Waals surface area contributed by atoms with Crippen LogP contribution in [0.1, 0.15) is 16.7 Å². The Bertz CT molecular complexity index is 1410. The van der Waals surface area contributed by atoms with Crippen molar-refractivity contribution in [1.29, 1.82) is 0 Å². The molecular weight excluding hydrogens is 428 g/mol. The Hall–Kier alpha value is -3.65. The molecule has 2 aromatic heterocycles. The number of imidazole rings is 1. The van der Waals surface area contributed by atoms with Crippen LogP contribution < -0.4 is 16.1 Å².